The van der Waals surface area contributed by atoms with Crippen LogP contribution in [0.15, 0.2) is 64.0 Å². The minimum atomic E-state index is -3.78. The van der Waals surface area contributed by atoms with Gasteiger partial charge in [-0.25, -0.2) is 8.42 Å². The van der Waals surface area contributed by atoms with Crippen LogP contribution in [0.25, 0.3) is 0 Å². The molecule has 0 fully saturated rings. The summed E-state index contributed by atoms with van der Waals surface area (Å²) in [6.07, 6.45) is 0. The Bertz CT molecular complexity index is 872. The second-order valence-electron chi connectivity index (χ2n) is 5.06. The summed E-state index contributed by atoms with van der Waals surface area (Å²) in [5.41, 5.74) is 4.78. The van der Waals surface area contributed by atoms with Gasteiger partial charge in [0.1, 0.15) is 0 Å². The fourth-order valence-corrected chi connectivity index (χ4v) is 3.55. The van der Waals surface area contributed by atoms with Gasteiger partial charge in [-0.1, -0.05) is 30.3 Å². The second-order valence-corrected chi connectivity index (χ2v) is 7.96. The molecule has 7 nitrogen and oxygen atoms in total. The van der Waals surface area contributed by atoms with E-state index in [0.717, 1.165) is 4.31 Å². The SMILES string of the molecule is CN(CC(=O)NNC(=O)c1ccccc1Br)S(=O)(=O)c1ccccc1. The number of likely N-dealkylation sites (N-methyl/N-ethyl adjacent to an activating group) is 1. The van der Waals surface area contributed by atoms with Crippen LogP contribution in [0.2, 0.25) is 0 Å². The maximum Gasteiger partial charge on any atom is 0.270 e. The van der Waals surface area contributed by atoms with Crippen molar-refractivity contribution in [3.05, 3.63) is 64.6 Å². The van der Waals surface area contributed by atoms with Crippen molar-refractivity contribution in [2.75, 3.05) is 13.6 Å². The molecule has 0 saturated carbocycles. The van der Waals surface area contributed by atoms with Gasteiger partial charge in [0.05, 0.1) is 17.0 Å². The van der Waals surface area contributed by atoms with E-state index in [4.69, 9.17) is 0 Å². The number of nitrogens with zero attached hydrogens (tertiary/aromatic N) is 1. The van der Waals surface area contributed by atoms with E-state index in [1.165, 1.54) is 19.2 Å². The summed E-state index contributed by atoms with van der Waals surface area (Å²) in [5, 5.41) is 0. The lowest BCUT2D eigenvalue weighted by Gasteiger charge is -2.17. The Morgan fingerprint density at radius 1 is 1.00 bits per heavy atom. The summed E-state index contributed by atoms with van der Waals surface area (Å²) in [6, 6.07) is 14.5. The number of amides is 2. The molecule has 9 heteroatoms. The minimum absolute atomic E-state index is 0.0857. The van der Waals surface area contributed by atoms with E-state index in [0.29, 0.717) is 10.0 Å². The number of hydrazine groups is 1. The van der Waals surface area contributed by atoms with Gasteiger partial charge in [0.15, 0.2) is 0 Å². The number of nitrogens with one attached hydrogen (secondary N) is 2. The molecule has 2 aromatic carbocycles. The lowest BCUT2D eigenvalue weighted by atomic mass is 10.2. The Hall–Kier alpha value is -2.23. The molecular weight excluding hydrogens is 410 g/mol. The smallest absolute Gasteiger partial charge is 0.270 e. The van der Waals surface area contributed by atoms with Crippen molar-refractivity contribution in [2.45, 2.75) is 4.90 Å². The van der Waals surface area contributed by atoms with Crippen molar-refractivity contribution in [3.8, 4) is 0 Å². The Balaban J connectivity index is 1.94. The Morgan fingerprint density at radius 3 is 2.24 bits per heavy atom. The van der Waals surface area contributed by atoms with Gasteiger partial charge in [0.2, 0.25) is 10.0 Å². The largest absolute Gasteiger partial charge is 0.272 e. The highest BCUT2D eigenvalue weighted by Crippen LogP contribution is 2.15. The molecule has 25 heavy (non-hydrogen) atoms. The molecule has 0 bridgehead atoms. The molecular formula is C16H16BrN3O4S. The highest BCUT2D eigenvalue weighted by atomic mass is 79.9. The lowest BCUT2D eigenvalue weighted by molar-refractivity contribution is -0.121. The molecule has 0 saturated heterocycles. The van der Waals surface area contributed by atoms with Crippen LogP contribution in [0.3, 0.4) is 0 Å². The number of rotatable bonds is 5. The maximum absolute atomic E-state index is 12.3. The fourth-order valence-electron chi connectivity index (χ4n) is 1.94. The standard InChI is InChI=1S/C16H16BrN3O4S/c1-20(25(23,24)12-7-3-2-4-8-12)11-15(21)18-19-16(22)13-9-5-6-10-14(13)17/h2-10H,11H2,1H3,(H,18,21)(H,19,22). The molecule has 2 N–H and O–H groups in total. The van der Waals surface area contributed by atoms with Gasteiger partial charge in [0.25, 0.3) is 11.8 Å². The first-order chi connectivity index (χ1) is 11.8. The molecule has 2 amide bonds. The molecule has 2 rings (SSSR count). The summed E-state index contributed by atoms with van der Waals surface area (Å²) in [5.74, 6) is -1.18. The second kappa shape index (κ2) is 8.24. The summed E-state index contributed by atoms with van der Waals surface area (Å²) in [4.78, 5) is 24.0. The normalized spacial score (nSPS) is 11.2. The van der Waals surface area contributed by atoms with Gasteiger partial charge in [-0.3, -0.25) is 20.4 Å². The quantitative estimate of drug-likeness (QED) is 0.709. The van der Waals surface area contributed by atoms with Crippen molar-refractivity contribution < 1.29 is 18.0 Å². The number of hydrogen-bond acceptors (Lipinski definition) is 4. The van der Waals surface area contributed by atoms with Crippen LogP contribution in [-0.2, 0) is 14.8 Å². The molecule has 0 radical (unpaired) electrons. The average molecular weight is 426 g/mol. The van der Waals surface area contributed by atoms with Gasteiger partial charge >= 0.3 is 0 Å². The van der Waals surface area contributed by atoms with Gasteiger partial charge in [-0.2, -0.15) is 4.31 Å². The van der Waals surface area contributed by atoms with E-state index < -0.39 is 28.4 Å². The van der Waals surface area contributed by atoms with Crippen molar-refractivity contribution in [1.82, 2.24) is 15.2 Å². The number of sulfonamides is 1. The topological polar surface area (TPSA) is 95.6 Å². The number of carbonyl (C=O) groups excluding carboxylic acids is 2. The zero-order chi connectivity index (χ0) is 18.4. The summed E-state index contributed by atoms with van der Waals surface area (Å²) < 4.78 is 26.1. The van der Waals surface area contributed by atoms with E-state index in [9.17, 15) is 18.0 Å². The van der Waals surface area contributed by atoms with Crippen molar-refractivity contribution in [1.29, 1.82) is 0 Å². The molecule has 0 aromatic heterocycles. The van der Waals surface area contributed by atoms with Gasteiger partial charge < -0.3 is 0 Å². The fraction of sp³-hybridized carbons (Fsp3) is 0.125. The van der Waals surface area contributed by atoms with Crippen LogP contribution in [0.1, 0.15) is 10.4 Å². The maximum atomic E-state index is 12.3. The van der Waals surface area contributed by atoms with Crippen molar-refractivity contribution in [3.63, 3.8) is 0 Å². The number of benzene rings is 2. The minimum Gasteiger partial charge on any atom is -0.272 e. The van der Waals surface area contributed by atoms with E-state index >= 15 is 0 Å². The Kier molecular flexibility index (Phi) is 6.29. The Labute approximate surface area is 154 Å². The van der Waals surface area contributed by atoms with Crippen molar-refractivity contribution >= 4 is 37.8 Å². The molecule has 0 aliphatic rings. The van der Waals surface area contributed by atoms with Crippen LogP contribution < -0.4 is 10.9 Å². The number of hydrogen-bond donors (Lipinski definition) is 2. The third-order valence-electron chi connectivity index (χ3n) is 3.25. The highest BCUT2D eigenvalue weighted by molar-refractivity contribution is 9.10. The van der Waals surface area contributed by atoms with Crippen LogP contribution in [0.4, 0.5) is 0 Å². The van der Waals surface area contributed by atoms with Gasteiger partial charge in [-0.05, 0) is 40.2 Å². The Morgan fingerprint density at radius 2 is 1.60 bits per heavy atom. The van der Waals surface area contributed by atoms with E-state index in [2.05, 4.69) is 26.8 Å². The summed E-state index contributed by atoms with van der Waals surface area (Å²) in [6.45, 7) is -0.437. The highest BCUT2D eigenvalue weighted by Gasteiger charge is 2.22. The molecule has 0 unspecified atom stereocenters. The third kappa shape index (κ3) is 4.88. The first-order valence-corrected chi connectivity index (χ1v) is 9.41. The molecule has 0 aliphatic carbocycles. The van der Waals surface area contributed by atoms with Crippen molar-refractivity contribution in [2.24, 2.45) is 0 Å². The molecule has 0 heterocycles. The zero-order valence-corrected chi connectivity index (χ0v) is 15.7. The first-order valence-electron chi connectivity index (χ1n) is 7.17. The monoisotopic (exact) mass is 425 g/mol. The predicted molar refractivity (Wildman–Crippen MR) is 96.0 cm³/mol. The van der Waals surface area contributed by atoms with E-state index in [1.54, 1.807) is 42.5 Å². The number of halogens is 1. The molecule has 0 atom stereocenters. The first kappa shape index (κ1) is 19.1. The van der Waals surface area contributed by atoms with E-state index in [1.807, 2.05) is 0 Å². The number of carbonyl (C=O) groups is 2. The summed E-state index contributed by atoms with van der Waals surface area (Å²) in [7, 11) is -2.49. The predicted octanol–water partition coefficient (Wildman–Crippen LogP) is 1.53. The molecule has 132 valence electrons. The molecule has 2 aromatic rings. The zero-order valence-electron chi connectivity index (χ0n) is 13.3. The average Bonchev–Trinajstić information content (AvgIpc) is 2.60. The van der Waals surface area contributed by atoms with Crippen LogP contribution in [-0.4, -0.2) is 38.1 Å². The van der Waals surface area contributed by atoms with Crippen LogP contribution in [0.5, 0.6) is 0 Å². The lowest BCUT2D eigenvalue weighted by Crippen LogP contribution is -2.46. The van der Waals surface area contributed by atoms with Crippen LogP contribution in [0, 0.1) is 0 Å². The molecule has 0 aliphatic heterocycles. The molecule has 0 spiro atoms. The summed E-state index contributed by atoms with van der Waals surface area (Å²) >= 11 is 3.24. The van der Waals surface area contributed by atoms with Gasteiger partial charge in [0, 0.05) is 11.5 Å². The third-order valence-corrected chi connectivity index (χ3v) is 5.76. The van der Waals surface area contributed by atoms with Crippen LogP contribution >= 0.6 is 15.9 Å². The van der Waals surface area contributed by atoms with Gasteiger partial charge in [-0.15, -0.1) is 0 Å². The van der Waals surface area contributed by atoms with E-state index in [-0.39, 0.29) is 4.90 Å².